The highest BCUT2D eigenvalue weighted by atomic mass is 16.5. The van der Waals surface area contributed by atoms with E-state index in [-0.39, 0.29) is 5.60 Å². The molecule has 3 heteroatoms. The predicted octanol–water partition coefficient (Wildman–Crippen LogP) is 2.74. The summed E-state index contributed by atoms with van der Waals surface area (Å²) in [5, 5.41) is 3.74. The van der Waals surface area contributed by atoms with Crippen molar-refractivity contribution in [1.29, 1.82) is 0 Å². The van der Waals surface area contributed by atoms with Crippen LogP contribution >= 0.6 is 0 Å². The summed E-state index contributed by atoms with van der Waals surface area (Å²) in [6.45, 7) is 8.36. The molecule has 1 aliphatic heterocycles. The summed E-state index contributed by atoms with van der Waals surface area (Å²) in [7, 11) is 1.78. The second kappa shape index (κ2) is 7.34. The normalized spacial score (nSPS) is 31.4. The highest BCUT2D eigenvalue weighted by molar-refractivity contribution is 4.87. The molecule has 102 valence electrons. The minimum atomic E-state index is 0.0692. The molecule has 0 aromatic rings. The Hall–Kier alpha value is -0.120. The maximum Gasteiger partial charge on any atom is 0.0666 e. The van der Waals surface area contributed by atoms with Gasteiger partial charge in [0, 0.05) is 25.8 Å². The smallest absolute Gasteiger partial charge is 0.0666 e. The molecule has 1 saturated heterocycles. The van der Waals surface area contributed by atoms with Gasteiger partial charge in [-0.05, 0) is 32.6 Å². The van der Waals surface area contributed by atoms with Crippen LogP contribution in [0.4, 0.5) is 0 Å². The molecule has 0 aromatic heterocycles. The van der Waals surface area contributed by atoms with Gasteiger partial charge in [0.25, 0.3) is 0 Å². The highest BCUT2D eigenvalue weighted by Gasteiger charge is 2.32. The molecular weight excluding hydrogens is 214 g/mol. The zero-order valence-corrected chi connectivity index (χ0v) is 11.9. The van der Waals surface area contributed by atoms with Crippen LogP contribution in [0.1, 0.15) is 52.9 Å². The van der Waals surface area contributed by atoms with E-state index in [0.717, 1.165) is 32.5 Å². The van der Waals surface area contributed by atoms with Crippen LogP contribution in [0.15, 0.2) is 0 Å². The minimum Gasteiger partial charge on any atom is -0.383 e. The lowest BCUT2D eigenvalue weighted by molar-refractivity contribution is -0.0800. The monoisotopic (exact) mass is 243 g/mol. The molecule has 0 aliphatic carbocycles. The predicted molar refractivity (Wildman–Crippen MR) is 71.4 cm³/mol. The van der Waals surface area contributed by atoms with E-state index in [1.807, 2.05) is 0 Å². The maximum absolute atomic E-state index is 5.88. The van der Waals surface area contributed by atoms with Gasteiger partial charge >= 0.3 is 0 Å². The molecule has 0 radical (unpaired) electrons. The molecule has 3 unspecified atom stereocenters. The third kappa shape index (κ3) is 4.94. The summed E-state index contributed by atoms with van der Waals surface area (Å²) in [5.74, 6) is 0. The molecule has 1 N–H and O–H groups in total. The van der Waals surface area contributed by atoms with Crippen LogP contribution in [-0.4, -0.2) is 38.0 Å². The van der Waals surface area contributed by atoms with E-state index in [1.165, 1.54) is 12.8 Å². The Balaban J connectivity index is 2.43. The Morgan fingerprint density at radius 2 is 2.24 bits per heavy atom. The van der Waals surface area contributed by atoms with Crippen molar-refractivity contribution < 1.29 is 9.47 Å². The molecule has 1 heterocycles. The van der Waals surface area contributed by atoms with E-state index < -0.39 is 0 Å². The number of rotatable bonds is 7. The first-order valence-corrected chi connectivity index (χ1v) is 7.02. The molecule has 3 atom stereocenters. The van der Waals surface area contributed by atoms with Gasteiger partial charge in [-0.25, -0.2) is 0 Å². The third-order valence-corrected chi connectivity index (χ3v) is 3.82. The second-order valence-corrected chi connectivity index (χ2v) is 5.45. The number of hydrogen-bond acceptors (Lipinski definition) is 3. The molecule has 0 amide bonds. The van der Waals surface area contributed by atoms with E-state index in [9.17, 15) is 0 Å². The summed E-state index contributed by atoms with van der Waals surface area (Å²) in [5.41, 5.74) is 0.0692. The second-order valence-electron chi connectivity index (χ2n) is 5.45. The summed E-state index contributed by atoms with van der Waals surface area (Å²) < 4.78 is 11.2. The van der Waals surface area contributed by atoms with Crippen molar-refractivity contribution in [2.24, 2.45) is 0 Å². The Bertz CT molecular complexity index is 204. The quantitative estimate of drug-likeness (QED) is 0.746. The summed E-state index contributed by atoms with van der Waals surface area (Å²) in [6, 6.07) is 1.08. The van der Waals surface area contributed by atoms with Gasteiger partial charge in [-0.3, -0.25) is 0 Å². The Morgan fingerprint density at radius 3 is 2.82 bits per heavy atom. The number of hydrogen-bond donors (Lipinski definition) is 1. The number of nitrogens with one attached hydrogen (secondary N) is 1. The van der Waals surface area contributed by atoms with Crippen molar-refractivity contribution >= 4 is 0 Å². The van der Waals surface area contributed by atoms with Gasteiger partial charge in [-0.1, -0.05) is 20.3 Å². The van der Waals surface area contributed by atoms with Gasteiger partial charge in [-0.2, -0.15) is 0 Å². The standard InChI is InChI=1S/C14H29NO2/c1-5-7-13(11-16-4)15-12-8-9-17-14(3,6-2)10-12/h12-13,15H,5-11H2,1-4H3. The Morgan fingerprint density at radius 1 is 1.47 bits per heavy atom. The largest absolute Gasteiger partial charge is 0.383 e. The lowest BCUT2D eigenvalue weighted by Gasteiger charge is -2.39. The zero-order valence-electron chi connectivity index (χ0n) is 11.9. The fourth-order valence-corrected chi connectivity index (χ4v) is 2.62. The fraction of sp³-hybridized carbons (Fsp3) is 1.00. The van der Waals surface area contributed by atoms with Crippen LogP contribution in [0.25, 0.3) is 0 Å². The number of methoxy groups -OCH3 is 1. The summed E-state index contributed by atoms with van der Waals surface area (Å²) in [6.07, 6.45) is 5.73. The van der Waals surface area contributed by atoms with Crippen molar-refractivity contribution in [2.75, 3.05) is 20.3 Å². The van der Waals surface area contributed by atoms with Crippen molar-refractivity contribution in [3.8, 4) is 0 Å². The third-order valence-electron chi connectivity index (χ3n) is 3.82. The highest BCUT2D eigenvalue weighted by Crippen LogP contribution is 2.28. The first kappa shape index (κ1) is 14.9. The van der Waals surface area contributed by atoms with Crippen molar-refractivity contribution in [3.63, 3.8) is 0 Å². The van der Waals surface area contributed by atoms with E-state index >= 15 is 0 Å². The van der Waals surface area contributed by atoms with Crippen molar-refractivity contribution in [2.45, 2.75) is 70.6 Å². The average Bonchev–Trinajstić information content (AvgIpc) is 2.30. The van der Waals surface area contributed by atoms with E-state index in [2.05, 4.69) is 26.1 Å². The van der Waals surface area contributed by atoms with Crippen LogP contribution < -0.4 is 5.32 Å². The van der Waals surface area contributed by atoms with Gasteiger partial charge in [0.15, 0.2) is 0 Å². The molecule has 0 saturated carbocycles. The van der Waals surface area contributed by atoms with Crippen molar-refractivity contribution in [1.82, 2.24) is 5.32 Å². The Labute approximate surface area is 106 Å². The minimum absolute atomic E-state index is 0.0692. The Kier molecular flexibility index (Phi) is 6.45. The molecular formula is C14H29NO2. The first-order valence-electron chi connectivity index (χ1n) is 7.02. The molecule has 0 aromatic carbocycles. The molecule has 0 bridgehead atoms. The van der Waals surface area contributed by atoms with Gasteiger partial charge < -0.3 is 14.8 Å². The molecule has 1 aliphatic rings. The molecule has 3 nitrogen and oxygen atoms in total. The lowest BCUT2D eigenvalue weighted by atomic mass is 9.89. The summed E-state index contributed by atoms with van der Waals surface area (Å²) >= 11 is 0. The van der Waals surface area contributed by atoms with Crippen LogP contribution in [0.5, 0.6) is 0 Å². The average molecular weight is 243 g/mol. The van der Waals surface area contributed by atoms with Crippen LogP contribution in [-0.2, 0) is 9.47 Å². The first-order chi connectivity index (χ1) is 8.13. The molecule has 1 rings (SSSR count). The van der Waals surface area contributed by atoms with Gasteiger partial charge in [0.2, 0.25) is 0 Å². The van der Waals surface area contributed by atoms with E-state index in [4.69, 9.17) is 9.47 Å². The van der Waals surface area contributed by atoms with Crippen LogP contribution in [0.2, 0.25) is 0 Å². The maximum atomic E-state index is 5.88. The van der Waals surface area contributed by atoms with Gasteiger partial charge in [-0.15, -0.1) is 0 Å². The van der Waals surface area contributed by atoms with Crippen LogP contribution in [0, 0.1) is 0 Å². The van der Waals surface area contributed by atoms with Crippen molar-refractivity contribution in [3.05, 3.63) is 0 Å². The van der Waals surface area contributed by atoms with Gasteiger partial charge in [0.05, 0.1) is 12.2 Å². The topological polar surface area (TPSA) is 30.5 Å². The summed E-state index contributed by atoms with van der Waals surface area (Å²) in [4.78, 5) is 0. The molecule has 17 heavy (non-hydrogen) atoms. The number of ether oxygens (including phenoxy) is 2. The fourth-order valence-electron chi connectivity index (χ4n) is 2.62. The lowest BCUT2D eigenvalue weighted by Crippen LogP contribution is -2.49. The molecule has 1 fully saturated rings. The van der Waals surface area contributed by atoms with Gasteiger partial charge in [0.1, 0.15) is 0 Å². The van der Waals surface area contributed by atoms with Crippen LogP contribution in [0.3, 0.4) is 0 Å². The van der Waals surface area contributed by atoms with E-state index in [0.29, 0.717) is 12.1 Å². The van der Waals surface area contributed by atoms with E-state index in [1.54, 1.807) is 7.11 Å². The SMILES string of the molecule is CCCC(COC)NC1CCOC(C)(CC)C1. The molecule has 0 spiro atoms. The zero-order chi connectivity index (χ0) is 12.7.